The van der Waals surface area contributed by atoms with Gasteiger partial charge in [-0.15, -0.1) is 5.11 Å². The molecule has 0 N–H and O–H groups in total. The molecule has 0 aromatic heterocycles. The maximum absolute atomic E-state index is 10.0. The fourth-order valence-electron chi connectivity index (χ4n) is 0.254. The van der Waals surface area contributed by atoms with Crippen molar-refractivity contribution in [2.75, 3.05) is 0 Å². The Morgan fingerprint density at radius 2 is 2.00 bits per heavy atom. The van der Waals surface area contributed by atoms with Crippen LogP contribution in [0.4, 0.5) is 4.79 Å². The van der Waals surface area contributed by atoms with E-state index in [2.05, 4.69) is 15.2 Å². The van der Waals surface area contributed by atoms with Crippen molar-refractivity contribution >= 4 is 18.2 Å². The summed E-state index contributed by atoms with van der Waals surface area (Å²) in [5.74, 6) is -0.593. The van der Waals surface area contributed by atoms with Gasteiger partial charge in [0.25, 0.3) is 0 Å². The normalized spacial score (nSPS) is 17.5. The van der Waals surface area contributed by atoms with Crippen LogP contribution in [0.5, 0.6) is 0 Å². The van der Waals surface area contributed by atoms with E-state index in [0.717, 1.165) is 6.21 Å². The number of carbonyl (C=O) groups excluding carboxylic acids is 2. The first-order valence-electron chi connectivity index (χ1n) is 1.83. The number of rotatable bonds is 0. The van der Waals surface area contributed by atoms with Gasteiger partial charge in [0, 0.05) is 0 Å². The van der Waals surface area contributed by atoms with Crippen molar-refractivity contribution in [3.05, 3.63) is 0 Å². The largest absolute Gasteiger partial charge is 0.385 e. The van der Waals surface area contributed by atoms with E-state index in [1.807, 2.05) is 0 Å². The summed E-state index contributed by atoms with van der Waals surface area (Å²) in [4.78, 5) is 23.1. The Morgan fingerprint density at radius 1 is 1.25 bits per heavy atom. The Bertz CT molecular complexity index is 155. The molecule has 5 nitrogen and oxygen atoms in total. The van der Waals surface area contributed by atoms with Crippen molar-refractivity contribution in [1.82, 2.24) is 0 Å². The van der Waals surface area contributed by atoms with Gasteiger partial charge in [-0.25, -0.2) is 4.79 Å². The van der Waals surface area contributed by atoms with Crippen LogP contribution in [0.2, 0.25) is 0 Å². The summed E-state index contributed by atoms with van der Waals surface area (Å²) in [6, 6.07) is -0.732. The van der Waals surface area contributed by atoms with Crippen LogP contribution in [-0.4, -0.2) is 18.2 Å². The fourth-order valence-corrected chi connectivity index (χ4v) is 0.254. The minimum absolute atomic E-state index is 0.593. The molecule has 0 spiro atoms. The molecule has 1 heterocycles. The summed E-state index contributed by atoms with van der Waals surface area (Å²) in [6.07, 6.45) is 0.829. The van der Waals surface area contributed by atoms with Gasteiger partial charge in [-0.2, -0.15) is 4.99 Å². The molecule has 1 aliphatic heterocycles. The molecule has 0 unspecified atom stereocenters. The van der Waals surface area contributed by atoms with Crippen LogP contribution in [0, 0.1) is 0 Å². The summed E-state index contributed by atoms with van der Waals surface area (Å²) in [6.45, 7) is 0. The second kappa shape index (κ2) is 1.61. The van der Waals surface area contributed by atoms with Crippen molar-refractivity contribution in [2.24, 2.45) is 15.2 Å². The number of carbonyl (C=O) groups is 2. The third kappa shape index (κ3) is 0.810. The first-order valence-corrected chi connectivity index (χ1v) is 1.83. The SMILES string of the molecule is O=C1C=NC(=O)N=N1. The molecule has 40 valence electrons. The molecule has 5 heteroatoms. The van der Waals surface area contributed by atoms with E-state index in [1.165, 1.54) is 0 Å². The predicted molar refractivity (Wildman–Crippen MR) is 23.8 cm³/mol. The van der Waals surface area contributed by atoms with Crippen LogP contribution in [0.3, 0.4) is 0 Å². The first-order chi connectivity index (χ1) is 3.79. The van der Waals surface area contributed by atoms with Gasteiger partial charge in [0.2, 0.25) is 0 Å². The van der Waals surface area contributed by atoms with E-state index < -0.39 is 11.9 Å². The Hall–Kier alpha value is -1.39. The summed E-state index contributed by atoms with van der Waals surface area (Å²) in [7, 11) is 0. The van der Waals surface area contributed by atoms with Gasteiger partial charge in [0.05, 0.1) is 0 Å². The first kappa shape index (κ1) is 4.76. The molecule has 0 atom stereocenters. The van der Waals surface area contributed by atoms with Gasteiger partial charge < -0.3 is 0 Å². The molecule has 0 aromatic carbocycles. The maximum Gasteiger partial charge on any atom is 0.385 e. The number of hydrogen-bond donors (Lipinski definition) is 0. The van der Waals surface area contributed by atoms with Crippen molar-refractivity contribution in [1.29, 1.82) is 0 Å². The second-order valence-corrected chi connectivity index (χ2v) is 1.08. The Kier molecular flexibility index (Phi) is 0.957. The quantitative estimate of drug-likeness (QED) is 0.447. The average Bonchev–Trinajstić information content (AvgIpc) is 1.77. The highest BCUT2D eigenvalue weighted by Crippen LogP contribution is 1.89. The van der Waals surface area contributed by atoms with E-state index in [0.29, 0.717) is 0 Å². The fraction of sp³-hybridized carbons (Fsp3) is 0. The second-order valence-electron chi connectivity index (χ2n) is 1.08. The molecule has 0 bridgehead atoms. The highest BCUT2D eigenvalue weighted by atomic mass is 16.2. The molecule has 0 saturated carbocycles. The van der Waals surface area contributed by atoms with Gasteiger partial charge >= 0.3 is 11.9 Å². The number of nitrogens with zero attached hydrogens (tertiary/aromatic N) is 3. The molecule has 3 amide bonds. The maximum atomic E-state index is 10.0. The van der Waals surface area contributed by atoms with E-state index in [4.69, 9.17) is 0 Å². The Balaban J connectivity index is 2.83. The molecule has 0 fully saturated rings. The van der Waals surface area contributed by atoms with Crippen LogP contribution in [-0.2, 0) is 4.79 Å². The topological polar surface area (TPSA) is 71.2 Å². The molecular weight excluding hydrogens is 110 g/mol. The number of urea groups is 1. The van der Waals surface area contributed by atoms with E-state index >= 15 is 0 Å². The Morgan fingerprint density at radius 3 is 2.38 bits per heavy atom. The summed E-state index contributed by atoms with van der Waals surface area (Å²) < 4.78 is 0. The minimum Gasteiger partial charge on any atom is -0.264 e. The lowest BCUT2D eigenvalue weighted by atomic mass is 10.7. The molecule has 0 aliphatic carbocycles. The zero-order valence-corrected chi connectivity index (χ0v) is 3.74. The van der Waals surface area contributed by atoms with Crippen LogP contribution in [0.25, 0.3) is 0 Å². The van der Waals surface area contributed by atoms with Gasteiger partial charge in [-0.05, 0) is 0 Å². The molecule has 8 heavy (non-hydrogen) atoms. The zero-order valence-electron chi connectivity index (χ0n) is 3.74. The van der Waals surface area contributed by atoms with Crippen LogP contribution in [0.1, 0.15) is 0 Å². The number of azo groups is 1. The van der Waals surface area contributed by atoms with Crippen molar-refractivity contribution < 1.29 is 9.59 Å². The molecular formula is C3HN3O2. The highest BCUT2D eigenvalue weighted by molar-refractivity contribution is 6.29. The van der Waals surface area contributed by atoms with E-state index in [9.17, 15) is 9.59 Å². The van der Waals surface area contributed by atoms with E-state index in [-0.39, 0.29) is 0 Å². The average molecular weight is 111 g/mol. The predicted octanol–water partition coefficient (Wildman–Crippen LogP) is 0.170. The van der Waals surface area contributed by atoms with Crippen molar-refractivity contribution in [3.63, 3.8) is 0 Å². The molecule has 0 aromatic rings. The third-order valence-corrected chi connectivity index (χ3v) is 0.520. The molecule has 0 saturated heterocycles. The molecule has 1 rings (SSSR count). The Labute approximate surface area is 44.1 Å². The van der Waals surface area contributed by atoms with E-state index in [1.54, 1.807) is 0 Å². The molecule has 1 aliphatic rings. The summed E-state index contributed by atoms with van der Waals surface area (Å²) in [5, 5.41) is 5.75. The van der Waals surface area contributed by atoms with Crippen LogP contribution < -0.4 is 0 Å². The lowest BCUT2D eigenvalue weighted by molar-refractivity contribution is -0.111. The number of amides is 3. The smallest absolute Gasteiger partial charge is 0.264 e. The van der Waals surface area contributed by atoms with Gasteiger partial charge in [0.1, 0.15) is 6.21 Å². The lowest BCUT2D eigenvalue weighted by Gasteiger charge is -1.84. The van der Waals surface area contributed by atoms with Crippen LogP contribution in [0.15, 0.2) is 15.2 Å². The highest BCUT2D eigenvalue weighted by Gasteiger charge is 2.02. The third-order valence-electron chi connectivity index (χ3n) is 0.520. The van der Waals surface area contributed by atoms with Gasteiger partial charge in [0.15, 0.2) is 0 Å². The number of aliphatic imine (C=N–C) groups is 1. The summed E-state index contributed by atoms with van der Waals surface area (Å²) in [5.41, 5.74) is 0. The van der Waals surface area contributed by atoms with Crippen molar-refractivity contribution in [3.8, 4) is 0 Å². The van der Waals surface area contributed by atoms with Gasteiger partial charge in [-0.3, -0.25) is 4.79 Å². The van der Waals surface area contributed by atoms with Gasteiger partial charge in [-0.1, -0.05) is 5.11 Å². The monoisotopic (exact) mass is 111 g/mol. The standard InChI is InChI=1S/C3HN3O2/c7-2-1-4-3(8)6-5-2/h1H. The summed E-state index contributed by atoms with van der Waals surface area (Å²) >= 11 is 0. The van der Waals surface area contributed by atoms with Crippen LogP contribution >= 0.6 is 0 Å². The zero-order chi connectivity index (χ0) is 5.98. The minimum atomic E-state index is -0.732. The van der Waals surface area contributed by atoms with Crippen molar-refractivity contribution in [2.45, 2.75) is 0 Å². The number of hydrogen-bond acceptors (Lipinski definition) is 2. The lowest BCUT2D eigenvalue weighted by Crippen LogP contribution is -2.01. The molecule has 0 radical (unpaired) electrons.